The number of hydrogen-bond donors (Lipinski definition) is 2. The lowest BCUT2D eigenvalue weighted by molar-refractivity contribution is 0.0485. The third-order valence-corrected chi connectivity index (χ3v) is 2.14. The van der Waals surface area contributed by atoms with Gasteiger partial charge in [-0.25, -0.2) is 9.18 Å². The van der Waals surface area contributed by atoms with Gasteiger partial charge in [-0.3, -0.25) is 0 Å². The summed E-state index contributed by atoms with van der Waals surface area (Å²) in [5, 5.41) is 5.36. The highest BCUT2D eigenvalue weighted by Gasteiger charge is 2.34. The fourth-order valence-corrected chi connectivity index (χ4v) is 1.41. The molecular formula is C10H19FN2O2. The van der Waals surface area contributed by atoms with Crippen LogP contribution in [-0.4, -0.2) is 37.0 Å². The monoisotopic (exact) mass is 218 g/mol. The van der Waals surface area contributed by atoms with Crippen molar-refractivity contribution >= 4 is 6.09 Å². The highest BCUT2D eigenvalue weighted by Crippen LogP contribution is 2.18. The van der Waals surface area contributed by atoms with Crippen molar-refractivity contribution in [3.05, 3.63) is 0 Å². The van der Waals surface area contributed by atoms with E-state index in [1.165, 1.54) is 0 Å². The molecule has 15 heavy (non-hydrogen) atoms. The zero-order valence-corrected chi connectivity index (χ0v) is 9.52. The Morgan fingerprint density at radius 2 is 2.27 bits per heavy atom. The lowest BCUT2D eigenvalue weighted by atomic mass is 10.1. The van der Waals surface area contributed by atoms with Crippen LogP contribution in [0.2, 0.25) is 0 Å². The van der Waals surface area contributed by atoms with Crippen LogP contribution in [0.25, 0.3) is 0 Å². The van der Waals surface area contributed by atoms with Gasteiger partial charge in [0.2, 0.25) is 0 Å². The Hall–Kier alpha value is -0.840. The summed E-state index contributed by atoms with van der Waals surface area (Å²) in [6.07, 6.45) is -0.130. The van der Waals surface area contributed by atoms with Gasteiger partial charge in [-0.05, 0) is 33.7 Å². The molecule has 0 aromatic carbocycles. The van der Waals surface area contributed by atoms with E-state index in [0.717, 1.165) is 0 Å². The Kier molecular flexibility index (Phi) is 3.54. The van der Waals surface area contributed by atoms with Crippen LogP contribution in [0, 0.1) is 0 Å². The molecule has 1 saturated heterocycles. The Morgan fingerprint density at radius 1 is 1.60 bits per heavy atom. The molecule has 0 saturated carbocycles. The smallest absolute Gasteiger partial charge is 0.407 e. The molecule has 1 amide bonds. The van der Waals surface area contributed by atoms with Crippen molar-refractivity contribution in [2.24, 2.45) is 0 Å². The fourth-order valence-electron chi connectivity index (χ4n) is 1.41. The molecule has 0 aliphatic carbocycles. The number of hydrogen-bond acceptors (Lipinski definition) is 3. The molecule has 88 valence electrons. The maximum absolute atomic E-state index is 13.8. The minimum Gasteiger partial charge on any atom is -0.444 e. The van der Waals surface area contributed by atoms with Gasteiger partial charge in [0.15, 0.2) is 0 Å². The number of amides is 1. The molecule has 0 aromatic heterocycles. The second kappa shape index (κ2) is 4.35. The molecule has 1 aliphatic rings. The molecule has 2 N–H and O–H groups in total. The van der Waals surface area contributed by atoms with E-state index in [0.29, 0.717) is 19.5 Å². The lowest BCUT2D eigenvalue weighted by Gasteiger charge is -2.22. The van der Waals surface area contributed by atoms with E-state index in [9.17, 15) is 9.18 Å². The lowest BCUT2D eigenvalue weighted by Crippen LogP contribution is -2.43. The quantitative estimate of drug-likeness (QED) is 0.732. The molecule has 0 bridgehead atoms. The largest absolute Gasteiger partial charge is 0.444 e. The van der Waals surface area contributed by atoms with Crippen LogP contribution in [0.15, 0.2) is 0 Å². The first-order valence-electron chi connectivity index (χ1n) is 5.17. The third-order valence-electron chi connectivity index (χ3n) is 2.14. The van der Waals surface area contributed by atoms with E-state index in [1.807, 2.05) is 0 Å². The van der Waals surface area contributed by atoms with Gasteiger partial charge >= 0.3 is 6.09 Å². The zero-order chi connectivity index (χ0) is 11.5. The average Bonchev–Trinajstić information content (AvgIpc) is 2.47. The molecule has 0 spiro atoms. The molecule has 5 heteroatoms. The first-order chi connectivity index (χ1) is 6.81. The predicted octanol–water partition coefficient (Wildman–Crippen LogP) is 1.21. The zero-order valence-electron chi connectivity index (χ0n) is 9.52. The molecule has 1 rings (SSSR count). The van der Waals surface area contributed by atoms with Gasteiger partial charge in [0.05, 0.1) is 6.54 Å². The van der Waals surface area contributed by atoms with Crippen molar-refractivity contribution < 1.29 is 13.9 Å². The topological polar surface area (TPSA) is 50.4 Å². The molecule has 4 nitrogen and oxygen atoms in total. The average molecular weight is 218 g/mol. The number of alkyl halides is 1. The van der Waals surface area contributed by atoms with E-state index in [2.05, 4.69) is 10.6 Å². The van der Waals surface area contributed by atoms with Crippen LogP contribution in [0.3, 0.4) is 0 Å². The van der Waals surface area contributed by atoms with Crippen LogP contribution >= 0.6 is 0 Å². The Labute approximate surface area is 89.6 Å². The SMILES string of the molecule is CC(C)(C)OC(=O)NC[C@]1(F)CCNC1. The number of nitrogens with one attached hydrogen (secondary N) is 2. The summed E-state index contributed by atoms with van der Waals surface area (Å²) in [5.41, 5.74) is -1.86. The van der Waals surface area contributed by atoms with E-state index < -0.39 is 17.4 Å². The molecular weight excluding hydrogens is 199 g/mol. The molecule has 1 aliphatic heterocycles. The number of rotatable bonds is 2. The Bertz CT molecular complexity index is 232. The van der Waals surface area contributed by atoms with E-state index in [-0.39, 0.29) is 6.54 Å². The van der Waals surface area contributed by atoms with Crippen LogP contribution in [0.1, 0.15) is 27.2 Å². The second-order valence-electron chi connectivity index (χ2n) is 4.93. The molecule has 1 heterocycles. The summed E-state index contributed by atoms with van der Waals surface area (Å²) in [7, 11) is 0. The number of halogens is 1. The van der Waals surface area contributed by atoms with Gasteiger partial charge in [0, 0.05) is 6.54 Å². The third kappa shape index (κ3) is 4.46. The van der Waals surface area contributed by atoms with Crippen molar-refractivity contribution in [3.8, 4) is 0 Å². The van der Waals surface area contributed by atoms with Gasteiger partial charge in [0.1, 0.15) is 11.3 Å². The maximum atomic E-state index is 13.8. The summed E-state index contributed by atoms with van der Waals surface area (Å²) in [5.74, 6) is 0. The maximum Gasteiger partial charge on any atom is 0.407 e. The van der Waals surface area contributed by atoms with Gasteiger partial charge < -0.3 is 15.4 Å². The van der Waals surface area contributed by atoms with Crippen molar-refractivity contribution in [2.45, 2.75) is 38.5 Å². The van der Waals surface area contributed by atoms with Crippen molar-refractivity contribution in [2.75, 3.05) is 19.6 Å². The first-order valence-corrected chi connectivity index (χ1v) is 5.17. The highest BCUT2D eigenvalue weighted by atomic mass is 19.1. The molecule has 0 unspecified atom stereocenters. The Morgan fingerprint density at radius 3 is 2.73 bits per heavy atom. The summed E-state index contributed by atoms with van der Waals surface area (Å²) >= 11 is 0. The van der Waals surface area contributed by atoms with Gasteiger partial charge in [0.25, 0.3) is 0 Å². The summed E-state index contributed by atoms with van der Waals surface area (Å²) in [6, 6.07) is 0. The number of carbonyl (C=O) groups is 1. The number of alkyl carbamates (subject to hydrolysis) is 1. The van der Waals surface area contributed by atoms with Gasteiger partial charge in [-0.15, -0.1) is 0 Å². The second-order valence-corrected chi connectivity index (χ2v) is 4.93. The summed E-state index contributed by atoms with van der Waals surface area (Å²) in [6.45, 7) is 6.28. The number of ether oxygens (including phenoxy) is 1. The van der Waals surface area contributed by atoms with Crippen molar-refractivity contribution in [1.82, 2.24) is 10.6 Å². The van der Waals surface area contributed by atoms with E-state index in [1.54, 1.807) is 20.8 Å². The highest BCUT2D eigenvalue weighted by molar-refractivity contribution is 5.67. The molecule has 0 radical (unpaired) electrons. The van der Waals surface area contributed by atoms with Crippen molar-refractivity contribution in [1.29, 1.82) is 0 Å². The summed E-state index contributed by atoms with van der Waals surface area (Å²) < 4.78 is 18.8. The van der Waals surface area contributed by atoms with Crippen LogP contribution in [0.4, 0.5) is 9.18 Å². The Balaban J connectivity index is 2.28. The van der Waals surface area contributed by atoms with Crippen LogP contribution in [-0.2, 0) is 4.74 Å². The van der Waals surface area contributed by atoms with Crippen LogP contribution in [0.5, 0.6) is 0 Å². The minimum atomic E-state index is -1.32. The minimum absolute atomic E-state index is 0.00884. The molecule has 1 fully saturated rings. The van der Waals surface area contributed by atoms with Crippen molar-refractivity contribution in [3.63, 3.8) is 0 Å². The molecule has 0 aromatic rings. The first kappa shape index (κ1) is 12.2. The fraction of sp³-hybridized carbons (Fsp3) is 0.900. The summed E-state index contributed by atoms with van der Waals surface area (Å²) in [4.78, 5) is 11.2. The standard InChI is InChI=1S/C10H19FN2O2/c1-9(2,3)15-8(14)13-7-10(11)4-5-12-6-10/h12H,4-7H2,1-3H3,(H,13,14)/t10-/m0/s1. The number of carbonyl (C=O) groups excluding carboxylic acids is 1. The molecule has 1 atom stereocenters. The predicted molar refractivity (Wildman–Crippen MR) is 55.6 cm³/mol. The van der Waals surface area contributed by atoms with Gasteiger partial charge in [-0.2, -0.15) is 0 Å². The van der Waals surface area contributed by atoms with Gasteiger partial charge in [-0.1, -0.05) is 0 Å². The normalized spacial score (nSPS) is 26.4. The van der Waals surface area contributed by atoms with Crippen LogP contribution < -0.4 is 10.6 Å². The van der Waals surface area contributed by atoms with E-state index in [4.69, 9.17) is 4.74 Å². The van der Waals surface area contributed by atoms with E-state index >= 15 is 0 Å².